The first kappa shape index (κ1) is 11.0. The average Bonchev–Trinajstić information content (AvgIpc) is 2.16. The zero-order valence-electron chi connectivity index (χ0n) is 9.17. The Morgan fingerprint density at radius 3 is 2.79 bits per heavy atom. The van der Waals surface area contributed by atoms with E-state index < -0.39 is 0 Å². The highest BCUT2D eigenvalue weighted by atomic mass is 15.0. The molecule has 78 valence electrons. The molecular weight excluding hydrogens is 174 g/mol. The van der Waals surface area contributed by atoms with Gasteiger partial charge in [-0.25, -0.2) is 4.98 Å². The van der Waals surface area contributed by atoms with E-state index in [4.69, 9.17) is 0 Å². The molecule has 0 unspecified atom stereocenters. The quantitative estimate of drug-likeness (QED) is 0.749. The molecule has 1 aromatic rings. The molecule has 2 N–H and O–H groups in total. The summed E-state index contributed by atoms with van der Waals surface area (Å²) in [7, 11) is 1.93. The number of rotatable bonds is 5. The number of nitrogens with zero attached hydrogens (tertiary/aromatic N) is 1. The van der Waals surface area contributed by atoms with Crippen LogP contribution in [0.4, 0.5) is 5.82 Å². The number of pyridine rings is 1. The number of anilines is 1. The Morgan fingerprint density at radius 2 is 2.14 bits per heavy atom. The van der Waals surface area contributed by atoms with Crippen LogP contribution in [0.2, 0.25) is 0 Å². The van der Waals surface area contributed by atoms with Gasteiger partial charge in [-0.1, -0.05) is 19.9 Å². The van der Waals surface area contributed by atoms with E-state index in [1.165, 1.54) is 0 Å². The maximum absolute atomic E-state index is 4.46. The van der Waals surface area contributed by atoms with Crippen LogP contribution in [0.25, 0.3) is 0 Å². The number of nitrogens with one attached hydrogen (secondary N) is 2. The zero-order chi connectivity index (χ0) is 10.4. The fourth-order valence-electron chi connectivity index (χ4n) is 1.17. The molecule has 0 radical (unpaired) electrons. The summed E-state index contributed by atoms with van der Waals surface area (Å²) in [4.78, 5) is 4.46. The molecule has 0 aromatic carbocycles. The predicted molar refractivity (Wildman–Crippen MR) is 60.3 cm³/mol. The first-order valence-electron chi connectivity index (χ1n) is 5.06. The van der Waals surface area contributed by atoms with E-state index in [2.05, 4.69) is 29.5 Å². The topological polar surface area (TPSA) is 37.0 Å². The molecule has 0 atom stereocenters. The molecule has 3 nitrogen and oxygen atoms in total. The molecule has 0 spiro atoms. The maximum atomic E-state index is 4.46. The van der Waals surface area contributed by atoms with Gasteiger partial charge in [-0.05, 0) is 25.1 Å². The lowest BCUT2D eigenvalue weighted by Crippen LogP contribution is -2.11. The Morgan fingerprint density at radius 1 is 1.36 bits per heavy atom. The molecule has 1 rings (SSSR count). The molecule has 0 fully saturated rings. The monoisotopic (exact) mass is 193 g/mol. The van der Waals surface area contributed by atoms with Crippen molar-refractivity contribution in [2.75, 3.05) is 18.9 Å². The number of hydrogen-bond acceptors (Lipinski definition) is 3. The molecule has 3 heteroatoms. The average molecular weight is 193 g/mol. The second-order valence-corrected chi connectivity index (χ2v) is 3.82. The second kappa shape index (κ2) is 5.60. The van der Waals surface area contributed by atoms with Crippen molar-refractivity contribution in [2.24, 2.45) is 5.92 Å². The lowest BCUT2D eigenvalue weighted by atomic mass is 10.2. The van der Waals surface area contributed by atoms with Crippen molar-refractivity contribution in [3.05, 3.63) is 23.9 Å². The standard InChI is InChI=1S/C11H19N3/c1-9(2)7-13-11-6-4-5-10(14-11)8-12-3/h4-6,9,12H,7-8H2,1-3H3,(H,13,14). The van der Waals surface area contributed by atoms with Gasteiger partial charge in [-0.15, -0.1) is 0 Å². The highest BCUT2D eigenvalue weighted by Gasteiger charge is 1.97. The summed E-state index contributed by atoms with van der Waals surface area (Å²) >= 11 is 0. The third kappa shape index (κ3) is 3.75. The predicted octanol–water partition coefficient (Wildman–Crippen LogP) is 1.87. The highest BCUT2D eigenvalue weighted by molar-refractivity contribution is 5.35. The van der Waals surface area contributed by atoms with Gasteiger partial charge >= 0.3 is 0 Å². The van der Waals surface area contributed by atoms with Crippen molar-refractivity contribution in [2.45, 2.75) is 20.4 Å². The van der Waals surface area contributed by atoms with Crippen LogP contribution >= 0.6 is 0 Å². The second-order valence-electron chi connectivity index (χ2n) is 3.82. The maximum Gasteiger partial charge on any atom is 0.126 e. The van der Waals surface area contributed by atoms with Crippen LogP contribution < -0.4 is 10.6 Å². The third-order valence-electron chi connectivity index (χ3n) is 1.86. The molecule has 0 aliphatic heterocycles. The van der Waals surface area contributed by atoms with Crippen molar-refractivity contribution in [3.8, 4) is 0 Å². The molecule has 0 saturated heterocycles. The minimum Gasteiger partial charge on any atom is -0.370 e. The molecule has 14 heavy (non-hydrogen) atoms. The van der Waals surface area contributed by atoms with Crippen LogP contribution in [0.3, 0.4) is 0 Å². The van der Waals surface area contributed by atoms with E-state index in [1.54, 1.807) is 0 Å². The first-order valence-corrected chi connectivity index (χ1v) is 5.06. The van der Waals surface area contributed by atoms with Crippen LogP contribution in [-0.4, -0.2) is 18.6 Å². The highest BCUT2D eigenvalue weighted by Crippen LogP contribution is 2.05. The summed E-state index contributed by atoms with van der Waals surface area (Å²) < 4.78 is 0. The van der Waals surface area contributed by atoms with Crippen molar-refractivity contribution >= 4 is 5.82 Å². The summed E-state index contributed by atoms with van der Waals surface area (Å²) in [6.45, 7) is 6.15. The number of aromatic nitrogens is 1. The van der Waals surface area contributed by atoms with Gasteiger partial charge < -0.3 is 10.6 Å². The van der Waals surface area contributed by atoms with Crippen molar-refractivity contribution < 1.29 is 0 Å². The van der Waals surface area contributed by atoms with E-state index in [-0.39, 0.29) is 0 Å². The fourth-order valence-corrected chi connectivity index (χ4v) is 1.17. The smallest absolute Gasteiger partial charge is 0.126 e. The molecule has 1 heterocycles. The largest absolute Gasteiger partial charge is 0.370 e. The van der Waals surface area contributed by atoms with Crippen LogP contribution in [-0.2, 0) is 6.54 Å². The van der Waals surface area contributed by atoms with Gasteiger partial charge in [0.15, 0.2) is 0 Å². The molecule has 0 aliphatic rings. The molecule has 0 saturated carbocycles. The lowest BCUT2D eigenvalue weighted by molar-refractivity contribution is 0.686. The van der Waals surface area contributed by atoms with Crippen LogP contribution in [0.1, 0.15) is 19.5 Å². The SMILES string of the molecule is CNCc1cccc(NCC(C)C)n1. The summed E-state index contributed by atoms with van der Waals surface area (Å²) in [6, 6.07) is 6.06. The van der Waals surface area contributed by atoms with Crippen molar-refractivity contribution in [1.82, 2.24) is 10.3 Å². The van der Waals surface area contributed by atoms with Gasteiger partial charge in [0, 0.05) is 13.1 Å². The Labute approximate surface area is 85.9 Å². The molecule has 0 amide bonds. The van der Waals surface area contributed by atoms with Crippen molar-refractivity contribution in [3.63, 3.8) is 0 Å². The van der Waals surface area contributed by atoms with Crippen LogP contribution in [0.15, 0.2) is 18.2 Å². The van der Waals surface area contributed by atoms with Crippen molar-refractivity contribution in [1.29, 1.82) is 0 Å². The Balaban J connectivity index is 2.54. The third-order valence-corrected chi connectivity index (χ3v) is 1.86. The van der Waals surface area contributed by atoms with E-state index in [9.17, 15) is 0 Å². The van der Waals surface area contributed by atoms with Gasteiger partial charge in [0.2, 0.25) is 0 Å². The minimum absolute atomic E-state index is 0.643. The summed E-state index contributed by atoms with van der Waals surface area (Å²) in [5, 5.41) is 6.39. The van der Waals surface area contributed by atoms with E-state index in [0.717, 1.165) is 24.6 Å². The zero-order valence-corrected chi connectivity index (χ0v) is 9.17. The molecule has 1 aromatic heterocycles. The fraction of sp³-hybridized carbons (Fsp3) is 0.545. The van der Waals surface area contributed by atoms with Gasteiger partial charge in [-0.3, -0.25) is 0 Å². The van der Waals surface area contributed by atoms with Gasteiger partial charge in [-0.2, -0.15) is 0 Å². The summed E-state index contributed by atoms with van der Waals surface area (Å²) in [5.74, 6) is 1.61. The van der Waals surface area contributed by atoms with Gasteiger partial charge in [0.1, 0.15) is 5.82 Å². The minimum atomic E-state index is 0.643. The Kier molecular flexibility index (Phi) is 4.40. The molecule has 0 bridgehead atoms. The summed E-state index contributed by atoms with van der Waals surface area (Å²) in [5.41, 5.74) is 1.07. The Hall–Kier alpha value is -1.09. The van der Waals surface area contributed by atoms with Crippen LogP contribution in [0.5, 0.6) is 0 Å². The molecule has 0 aliphatic carbocycles. The molecular formula is C11H19N3. The van der Waals surface area contributed by atoms with E-state index in [0.29, 0.717) is 5.92 Å². The summed E-state index contributed by atoms with van der Waals surface area (Å²) in [6.07, 6.45) is 0. The van der Waals surface area contributed by atoms with Gasteiger partial charge in [0.25, 0.3) is 0 Å². The van der Waals surface area contributed by atoms with E-state index in [1.807, 2.05) is 25.2 Å². The van der Waals surface area contributed by atoms with Gasteiger partial charge in [0.05, 0.1) is 5.69 Å². The number of hydrogen-bond donors (Lipinski definition) is 2. The van der Waals surface area contributed by atoms with Crippen LogP contribution in [0, 0.1) is 5.92 Å². The lowest BCUT2D eigenvalue weighted by Gasteiger charge is -2.09. The van der Waals surface area contributed by atoms with E-state index >= 15 is 0 Å². The Bertz CT molecular complexity index is 271. The first-order chi connectivity index (χ1) is 6.72. The normalized spacial score (nSPS) is 10.6.